The van der Waals surface area contributed by atoms with Crippen LogP contribution in [0.1, 0.15) is 96.8 Å². The normalized spacial score (nSPS) is 10.7. The zero-order valence-corrected chi connectivity index (χ0v) is 14.6. The Morgan fingerprint density at radius 1 is 0.762 bits per heavy atom. The first kappa shape index (κ1) is 23.0. The molecule has 2 nitrogen and oxygen atoms in total. The van der Waals surface area contributed by atoms with Crippen LogP contribution in [0.2, 0.25) is 0 Å². The second kappa shape index (κ2) is 19.7. The van der Waals surface area contributed by atoms with Gasteiger partial charge in [0.15, 0.2) is 0 Å². The molecule has 0 aromatic carbocycles. The molecule has 0 unspecified atom stereocenters. The Morgan fingerprint density at radius 3 is 1.67 bits per heavy atom. The van der Waals surface area contributed by atoms with Crippen molar-refractivity contribution in [3.05, 3.63) is 12.2 Å². The topological polar surface area (TPSA) is 40.1 Å². The van der Waals surface area contributed by atoms with Crippen LogP contribution in [-0.4, -0.2) is 5.97 Å². The van der Waals surface area contributed by atoms with Gasteiger partial charge in [-0.3, -0.25) is 0 Å². The van der Waals surface area contributed by atoms with Gasteiger partial charge in [0.05, 0.1) is 0 Å². The van der Waals surface area contributed by atoms with Crippen molar-refractivity contribution < 1.29 is 27.0 Å². The Morgan fingerprint density at radius 2 is 1.19 bits per heavy atom. The van der Waals surface area contributed by atoms with E-state index in [1.807, 2.05) is 0 Å². The first-order valence-corrected chi connectivity index (χ1v) is 8.62. The molecule has 0 heterocycles. The molecule has 0 rings (SSSR count). The summed E-state index contributed by atoms with van der Waals surface area (Å²) >= 11 is 0. The summed E-state index contributed by atoms with van der Waals surface area (Å²) in [6.45, 7) is 2.26. The van der Waals surface area contributed by atoms with Gasteiger partial charge in [0, 0.05) is 5.97 Å². The zero-order valence-electron chi connectivity index (χ0n) is 13.7. The van der Waals surface area contributed by atoms with E-state index in [4.69, 9.17) is 0 Å². The quantitative estimate of drug-likeness (QED) is 0.244. The molecule has 0 atom stereocenters. The van der Waals surface area contributed by atoms with Crippen molar-refractivity contribution >= 4 is 5.97 Å². The van der Waals surface area contributed by atoms with E-state index in [9.17, 15) is 9.90 Å². The zero-order chi connectivity index (χ0) is 14.9. The fraction of sp³-hybridized carbons (Fsp3) is 0.833. The van der Waals surface area contributed by atoms with Gasteiger partial charge >= 0.3 is 17.1 Å². The largest absolute Gasteiger partial charge is 1.00 e. The van der Waals surface area contributed by atoms with Crippen LogP contribution in [0.3, 0.4) is 0 Å². The van der Waals surface area contributed by atoms with Gasteiger partial charge in [0.25, 0.3) is 0 Å². The van der Waals surface area contributed by atoms with Crippen molar-refractivity contribution in [2.75, 3.05) is 0 Å². The molecule has 0 amide bonds. The van der Waals surface area contributed by atoms with E-state index in [1.165, 1.54) is 64.2 Å². The van der Waals surface area contributed by atoms with Gasteiger partial charge in [-0.15, -0.1) is 0 Å². The third kappa shape index (κ3) is 22.2. The smallest absolute Gasteiger partial charge is 0.550 e. The SMILES string of the molecule is CCCCCCCC/C=C/CCCCCCCC(=O)[O-].[Cu+]. The third-order valence-corrected chi connectivity index (χ3v) is 3.64. The van der Waals surface area contributed by atoms with Crippen LogP contribution < -0.4 is 5.11 Å². The van der Waals surface area contributed by atoms with E-state index in [2.05, 4.69) is 19.1 Å². The molecular weight excluding hydrogens is 312 g/mol. The van der Waals surface area contributed by atoms with Gasteiger partial charge in [0.2, 0.25) is 0 Å². The van der Waals surface area contributed by atoms with Crippen molar-refractivity contribution in [3.63, 3.8) is 0 Å². The summed E-state index contributed by atoms with van der Waals surface area (Å²) in [5, 5.41) is 10.2. The molecule has 0 saturated heterocycles. The predicted octanol–water partition coefficient (Wildman–Crippen LogP) is 4.77. The molecule has 128 valence electrons. The molecule has 3 heteroatoms. The van der Waals surface area contributed by atoms with Crippen LogP contribution in [0.4, 0.5) is 0 Å². The average molecular weight is 345 g/mol. The van der Waals surface area contributed by atoms with Gasteiger partial charge < -0.3 is 9.90 Å². The van der Waals surface area contributed by atoms with Crippen molar-refractivity contribution in [1.29, 1.82) is 0 Å². The second-order valence-corrected chi connectivity index (χ2v) is 5.71. The summed E-state index contributed by atoms with van der Waals surface area (Å²) in [7, 11) is 0. The average Bonchev–Trinajstić information content (AvgIpc) is 2.43. The summed E-state index contributed by atoms with van der Waals surface area (Å²) in [5.74, 6) is -0.914. The number of carboxylic acid groups (broad SMARTS) is 1. The van der Waals surface area contributed by atoms with E-state index in [0.717, 1.165) is 19.3 Å². The molecule has 0 aliphatic rings. The Kier molecular flexibility index (Phi) is 21.6. The van der Waals surface area contributed by atoms with Crippen molar-refractivity contribution in [1.82, 2.24) is 0 Å². The predicted molar refractivity (Wildman–Crippen MR) is 84.5 cm³/mol. The maximum absolute atomic E-state index is 10.2. The number of aliphatic carboxylic acids is 1. The van der Waals surface area contributed by atoms with E-state index in [0.29, 0.717) is 0 Å². The first-order valence-electron chi connectivity index (χ1n) is 8.62. The van der Waals surface area contributed by atoms with E-state index >= 15 is 0 Å². The number of rotatable bonds is 15. The van der Waals surface area contributed by atoms with Crippen LogP contribution in [0.15, 0.2) is 12.2 Å². The second-order valence-electron chi connectivity index (χ2n) is 5.71. The van der Waals surface area contributed by atoms with Crippen LogP contribution >= 0.6 is 0 Å². The van der Waals surface area contributed by atoms with Crippen LogP contribution in [0, 0.1) is 0 Å². The van der Waals surface area contributed by atoms with Crippen molar-refractivity contribution in [3.8, 4) is 0 Å². The molecule has 0 spiro atoms. The standard InChI is InChI=1S/C18H34O2.Cu/c1-2-3-4-5-6-7-8-9-10-11-12-13-14-15-16-17-18(19)20;/h9-10H,2-8,11-17H2,1H3,(H,19,20);/q;+1/p-1/b10-9+;. The first-order chi connectivity index (χ1) is 9.77. The van der Waals surface area contributed by atoms with Crippen LogP contribution in [0.5, 0.6) is 0 Å². The Bertz CT molecular complexity index is 239. The summed E-state index contributed by atoms with van der Waals surface area (Å²) in [6.07, 6.45) is 20.9. The number of carbonyl (C=O) groups excluding carboxylic acids is 1. The third-order valence-electron chi connectivity index (χ3n) is 3.64. The maximum atomic E-state index is 10.2. The maximum Gasteiger partial charge on any atom is 1.00 e. The summed E-state index contributed by atoms with van der Waals surface area (Å²) < 4.78 is 0. The molecule has 0 bridgehead atoms. The summed E-state index contributed by atoms with van der Waals surface area (Å²) in [5.41, 5.74) is 0. The summed E-state index contributed by atoms with van der Waals surface area (Å²) in [6, 6.07) is 0. The molecule has 0 aliphatic heterocycles. The molecule has 0 aromatic rings. The van der Waals surface area contributed by atoms with E-state index < -0.39 is 5.97 Å². The number of hydrogen-bond donors (Lipinski definition) is 0. The number of carboxylic acids is 1. The Balaban J connectivity index is 0. The van der Waals surface area contributed by atoms with Gasteiger partial charge in [-0.2, -0.15) is 0 Å². The van der Waals surface area contributed by atoms with E-state index in [1.54, 1.807) is 0 Å². The summed E-state index contributed by atoms with van der Waals surface area (Å²) in [4.78, 5) is 10.2. The van der Waals surface area contributed by atoms with Gasteiger partial charge in [-0.1, -0.05) is 70.4 Å². The van der Waals surface area contributed by atoms with Gasteiger partial charge in [-0.25, -0.2) is 0 Å². The Hall–Kier alpha value is -0.271. The molecule has 0 N–H and O–H groups in total. The van der Waals surface area contributed by atoms with Crippen LogP contribution in [0.25, 0.3) is 0 Å². The molecule has 0 saturated carbocycles. The minimum atomic E-state index is -0.914. The Labute approximate surface area is 142 Å². The number of hydrogen-bond acceptors (Lipinski definition) is 2. The molecule has 0 radical (unpaired) electrons. The molecule has 0 aliphatic carbocycles. The molecular formula is C18H33CuO2. The number of unbranched alkanes of at least 4 members (excludes halogenated alkanes) is 11. The molecule has 21 heavy (non-hydrogen) atoms. The molecule has 0 aromatic heterocycles. The fourth-order valence-electron chi connectivity index (χ4n) is 2.34. The van der Waals surface area contributed by atoms with Crippen LogP contribution in [-0.2, 0) is 21.9 Å². The fourth-order valence-corrected chi connectivity index (χ4v) is 2.34. The number of allylic oxidation sites excluding steroid dienone is 2. The van der Waals surface area contributed by atoms with Crippen molar-refractivity contribution in [2.24, 2.45) is 0 Å². The minimum Gasteiger partial charge on any atom is -0.550 e. The van der Waals surface area contributed by atoms with Crippen molar-refractivity contribution in [2.45, 2.75) is 96.8 Å². The monoisotopic (exact) mass is 344 g/mol. The van der Waals surface area contributed by atoms with Gasteiger partial charge in [0.1, 0.15) is 0 Å². The van der Waals surface area contributed by atoms with E-state index in [-0.39, 0.29) is 23.5 Å². The van der Waals surface area contributed by atoms with Gasteiger partial charge in [-0.05, 0) is 38.5 Å². The minimum absolute atomic E-state index is 0. The number of carbonyl (C=O) groups is 1. The molecule has 0 fully saturated rings.